The predicted molar refractivity (Wildman–Crippen MR) is 73.8 cm³/mol. The second kappa shape index (κ2) is 4.34. The van der Waals surface area contributed by atoms with Crippen LogP contribution in [0, 0.1) is 0 Å². The van der Waals surface area contributed by atoms with E-state index in [2.05, 4.69) is 20.9 Å². The third-order valence-corrected chi connectivity index (χ3v) is 2.96. The summed E-state index contributed by atoms with van der Waals surface area (Å²) in [4.78, 5) is 4.21. The number of nitrogen functional groups attached to an aromatic ring is 1. The van der Waals surface area contributed by atoms with E-state index >= 15 is 0 Å². The van der Waals surface area contributed by atoms with Gasteiger partial charge >= 0.3 is 0 Å². The fraction of sp³-hybridized carbons (Fsp3) is 0. The summed E-state index contributed by atoms with van der Waals surface area (Å²) in [5, 5.41) is 0. The van der Waals surface area contributed by atoms with Gasteiger partial charge in [0.15, 0.2) is 0 Å². The highest BCUT2D eigenvalue weighted by Crippen LogP contribution is 2.27. The number of fused-ring (bicyclic) bond motifs is 1. The Hall–Kier alpha value is -2.01. The van der Waals surface area contributed by atoms with Crippen LogP contribution in [0.2, 0.25) is 0 Å². The van der Waals surface area contributed by atoms with Crippen LogP contribution in [0.4, 0.5) is 5.69 Å². The third-order valence-electron chi connectivity index (χ3n) is 2.51. The zero-order valence-electron chi connectivity index (χ0n) is 9.38. The van der Waals surface area contributed by atoms with E-state index in [4.69, 9.17) is 10.5 Å². The molecular weight excluding hydrogens is 294 g/mol. The molecule has 0 fully saturated rings. The summed E-state index contributed by atoms with van der Waals surface area (Å²) < 4.78 is 8.58. The van der Waals surface area contributed by atoms with Crippen LogP contribution in [0.15, 0.2) is 53.3 Å². The molecule has 4 nitrogen and oxygen atoms in total. The summed E-state index contributed by atoms with van der Waals surface area (Å²) in [5.41, 5.74) is 7.27. The van der Waals surface area contributed by atoms with Gasteiger partial charge in [-0.2, -0.15) is 0 Å². The average Bonchev–Trinajstić information content (AvgIpc) is 2.76. The fourth-order valence-corrected chi connectivity index (χ4v) is 2.26. The minimum absolute atomic E-state index is 0.650. The molecule has 0 saturated carbocycles. The Morgan fingerprint density at radius 3 is 2.94 bits per heavy atom. The largest absolute Gasteiger partial charge is 0.440 e. The van der Waals surface area contributed by atoms with Gasteiger partial charge in [-0.25, -0.2) is 4.98 Å². The molecule has 1 aromatic carbocycles. The van der Waals surface area contributed by atoms with Gasteiger partial charge in [0.2, 0.25) is 5.88 Å². The van der Waals surface area contributed by atoms with Gasteiger partial charge in [0.05, 0.1) is 0 Å². The SMILES string of the molecule is Nc1cc(Br)cc(Oc2cccc3nccn23)c1. The lowest BCUT2D eigenvalue weighted by Crippen LogP contribution is -1.93. The van der Waals surface area contributed by atoms with Gasteiger partial charge in [-0.3, -0.25) is 4.40 Å². The van der Waals surface area contributed by atoms with E-state index in [1.165, 1.54) is 0 Å². The number of ether oxygens (including phenoxy) is 1. The number of nitrogens with two attached hydrogens (primary N) is 1. The Labute approximate surface area is 112 Å². The van der Waals surface area contributed by atoms with Gasteiger partial charge in [0, 0.05) is 28.6 Å². The number of anilines is 1. The number of aromatic nitrogens is 2. The Balaban J connectivity index is 2.03. The Kier molecular flexibility index (Phi) is 2.68. The molecule has 0 atom stereocenters. The second-order valence-corrected chi connectivity index (χ2v) is 4.76. The number of hydrogen-bond acceptors (Lipinski definition) is 3. The van der Waals surface area contributed by atoms with E-state index < -0.39 is 0 Å². The highest BCUT2D eigenvalue weighted by molar-refractivity contribution is 9.10. The molecule has 3 aromatic rings. The highest BCUT2D eigenvalue weighted by Gasteiger charge is 2.04. The minimum Gasteiger partial charge on any atom is -0.440 e. The maximum absolute atomic E-state index is 5.82. The number of benzene rings is 1. The van der Waals surface area contributed by atoms with Crippen LogP contribution in [0.25, 0.3) is 5.65 Å². The molecule has 18 heavy (non-hydrogen) atoms. The van der Waals surface area contributed by atoms with Gasteiger partial charge < -0.3 is 10.5 Å². The zero-order chi connectivity index (χ0) is 12.5. The van der Waals surface area contributed by atoms with Crippen molar-refractivity contribution in [2.45, 2.75) is 0 Å². The lowest BCUT2D eigenvalue weighted by Gasteiger charge is -2.09. The summed E-state index contributed by atoms with van der Waals surface area (Å²) in [6.07, 6.45) is 3.59. The second-order valence-electron chi connectivity index (χ2n) is 3.84. The molecule has 90 valence electrons. The predicted octanol–water partition coefficient (Wildman–Crippen LogP) is 3.47. The lowest BCUT2D eigenvalue weighted by molar-refractivity contribution is 0.456. The molecule has 2 heterocycles. The van der Waals surface area contributed by atoms with Gasteiger partial charge in [-0.1, -0.05) is 22.0 Å². The van der Waals surface area contributed by atoms with Crippen LogP contribution in [0.3, 0.4) is 0 Å². The van der Waals surface area contributed by atoms with Crippen LogP contribution in [-0.2, 0) is 0 Å². The maximum Gasteiger partial charge on any atom is 0.205 e. The summed E-state index contributed by atoms with van der Waals surface area (Å²) in [6, 6.07) is 11.2. The summed E-state index contributed by atoms with van der Waals surface area (Å²) >= 11 is 3.39. The first-order valence-corrected chi connectivity index (χ1v) is 6.18. The van der Waals surface area contributed by atoms with Crippen LogP contribution in [-0.4, -0.2) is 9.38 Å². The van der Waals surface area contributed by atoms with Gasteiger partial charge in [0.25, 0.3) is 0 Å². The van der Waals surface area contributed by atoms with Crippen LogP contribution in [0.5, 0.6) is 11.6 Å². The molecule has 0 saturated heterocycles. The van der Waals surface area contributed by atoms with Gasteiger partial charge in [0.1, 0.15) is 11.4 Å². The number of imidazole rings is 1. The zero-order valence-corrected chi connectivity index (χ0v) is 11.0. The van der Waals surface area contributed by atoms with Crippen molar-refractivity contribution in [1.29, 1.82) is 0 Å². The first-order valence-electron chi connectivity index (χ1n) is 5.38. The smallest absolute Gasteiger partial charge is 0.205 e. The number of nitrogens with zero attached hydrogens (tertiary/aromatic N) is 2. The van der Waals surface area contributed by atoms with E-state index in [1.54, 1.807) is 12.3 Å². The van der Waals surface area contributed by atoms with Crippen molar-refractivity contribution in [3.8, 4) is 11.6 Å². The molecule has 0 spiro atoms. The van der Waals surface area contributed by atoms with Crippen molar-refractivity contribution in [1.82, 2.24) is 9.38 Å². The summed E-state index contributed by atoms with van der Waals surface area (Å²) in [6.45, 7) is 0. The summed E-state index contributed by atoms with van der Waals surface area (Å²) in [5.74, 6) is 1.38. The lowest BCUT2D eigenvalue weighted by atomic mass is 10.3. The molecule has 3 rings (SSSR count). The van der Waals surface area contributed by atoms with Crippen molar-refractivity contribution < 1.29 is 4.74 Å². The van der Waals surface area contributed by atoms with Gasteiger partial charge in [-0.05, 0) is 24.3 Å². The maximum atomic E-state index is 5.82. The molecule has 5 heteroatoms. The molecule has 0 aliphatic rings. The standard InChI is InChI=1S/C13H10BrN3O/c14-9-6-10(15)8-11(7-9)18-13-3-1-2-12-16-4-5-17(12)13/h1-8H,15H2. The van der Waals surface area contributed by atoms with Crippen molar-refractivity contribution >= 4 is 27.3 Å². The molecule has 0 aliphatic heterocycles. The number of rotatable bonds is 2. The van der Waals surface area contributed by atoms with Gasteiger partial charge in [-0.15, -0.1) is 0 Å². The van der Waals surface area contributed by atoms with E-state index in [0.717, 1.165) is 10.1 Å². The van der Waals surface area contributed by atoms with Crippen molar-refractivity contribution in [2.75, 3.05) is 5.73 Å². The normalized spacial score (nSPS) is 10.7. The topological polar surface area (TPSA) is 52.5 Å². The molecule has 2 aromatic heterocycles. The van der Waals surface area contributed by atoms with Crippen LogP contribution >= 0.6 is 15.9 Å². The Bertz CT molecular complexity index is 688. The van der Waals surface area contributed by atoms with Crippen molar-refractivity contribution in [3.63, 3.8) is 0 Å². The number of halogens is 1. The molecule has 0 unspecified atom stereocenters. The molecule has 0 aliphatic carbocycles. The fourth-order valence-electron chi connectivity index (χ4n) is 1.77. The first kappa shape index (κ1) is 11.1. The molecule has 0 amide bonds. The molecule has 2 N–H and O–H groups in total. The summed E-state index contributed by atoms with van der Waals surface area (Å²) in [7, 11) is 0. The quantitative estimate of drug-likeness (QED) is 0.738. The highest BCUT2D eigenvalue weighted by atomic mass is 79.9. The molecule has 0 radical (unpaired) electrons. The molecule has 0 bridgehead atoms. The number of hydrogen-bond donors (Lipinski definition) is 1. The van der Waals surface area contributed by atoms with E-state index in [9.17, 15) is 0 Å². The first-order chi connectivity index (χ1) is 8.72. The Morgan fingerprint density at radius 2 is 2.11 bits per heavy atom. The van der Waals surface area contributed by atoms with Crippen LogP contribution < -0.4 is 10.5 Å². The molecular formula is C13H10BrN3O. The number of pyridine rings is 1. The monoisotopic (exact) mass is 303 g/mol. The van der Waals surface area contributed by atoms with E-state index in [1.807, 2.05) is 40.9 Å². The van der Waals surface area contributed by atoms with E-state index in [-0.39, 0.29) is 0 Å². The average molecular weight is 304 g/mol. The van der Waals surface area contributed by atoms with Crippen molar-refractivity contribution in [2.24, 2.45) is 0 Å². The third kappa shape index (κ3) is 2.04. The Morgan fingerprint density at radius 1 is 1.22 bits per heavy atom. The van der Waals surface area contributed by atoms with E-state index in [0.29, 0.717) is 17.3 Å². The minimum atomic E-state index is 0.650. The van der Waals surface area contributed by atoms with Crippen LogP contribution in [0.1, 0.15) is 0 Å². The van der Waals surface area contributed by atoms with Crippen molar-refractivity contribution in [3.05, 3.63) is 53.3 Å².